The van der Waals surface area contributed by atoms with Crippen LogP contribution in [0.4, 0.5) is 0 Å². The molecule has 0 saturated heterocycles. The minimum Gasteiger partial charge on any atom is -0.465 e. The van der Waals surface area contributed by atoms with E-state index in [2.05, 4.69) is 13.8 Å². The van der Waals surface area contributed by atoms with E-state index in [1.807, 2.05) is 13.8 Å². The highest BCUT2D eigenvalue weighted by atomic mass is 16.6. The molecule has 0 aromatic rings. The van der Waals surface area contributed by atoms with Crippen LogP contribution in [0.25, 0.3) is 0 Å². The van der Waals surface area contributed by atoms with Gasteiger partial charge in [-0.25, -0.2) is 0 Å². The quantitative estimate of drug-likeness (QED) is 0.0355. The number of aliphatic hydroxyl groups excluding tert-OH is 2. The van der Waals surface area contributed by atoms with Gasteiger partial charge in [-0.1, -0.05) is 117 Å². The molecule has 0 aliphatic heterocycles. The molecule has 0 aromatic carbocycles. The molecule has 0 fully saturated rings. The predicted molar refractivity (Wildman–Crippen MR) is 210 cm³/mol. The summed E-state index contributed by atoms with van der Waals surface area (Å²) in [4.78, 5) is 48.9. The summed E-state index contributed by atoms with van der Waals surface area (Å²) >= 11 is 0. The maximum Gasteiger partial charge on any atom is 0.306 e. The molecule has 0 aromatic heterocycles. The summed E-state index contributed by atoms with van der Waals surface area (Å²) in [7, 11) is 0. The van der Waals surface area contributed by atoms with Crippen LogP contribution in [0, 0.1) is 5.41 Å². The monoisotopic (exact) mass is 757 g/mol. The second-order valence-corrected chi connectivity index (χ2v) is 15.4. The van der Waals surface area contributed by atoms with E-state index in [0.29, 0.717) is 38.5 Å². The molecule has 0 amide bonds. The minimum atomic E-state index is -1.27. The van der Waals surface area contributed by atoms with Gasteiger partial charge in [0.1, 0.15) is 13.2 Å². The van der Waals surface area contributed by atoms with Crippen LogP contribution in [-0.4, -0.2) is 72.7 Å². The predicted octanol–water partition coefficient (Wildman–Crippen LogP) is 9.87. The van der Waals surface area contributed by atoms with Gasteiger partial charge in [0.25, 0.3) is 0 Å². The molecule has 0 aliphatic rings. The Balaban J connectivity index is 3.97. The molecule has 2 atom stereocenters. The Bertz CT molecular complexity index is 836. The van der Waals surface area contributed by atoms with Crippen molar-refractivity contribution >= 4 is 23.9 Å². The van der Waals surface area contributed by atoms with E-state index in [4.69, 9.17) is 18.9 Å². The molecule has 0 saturated carbocycles. The molecule has 0 bridgehead atoms. The fraction of sp³-hybridized carbons (Fsp3) is 0.907. The zero-order chi connectivity index (χ0) is 39.4. The summed E-state index contributed by atoms with van der Waals surface area (Å²) < 4.78 is 21.7. The third kappa shape index (κ3) is 31.8. The van der Waals surface area contributed by atoms with Crippen molar-refractivity contribution in [2.45, 2.75) is 220 Å². The van der Waals surface area contributed by atoms with Crippen LogP contribution in [0.3, 0.4) is 0 Å². The number of rotatable bonds is 38. The highest BCUT2D eigenvalue weighted by molar-refractivity contribution is 5.70. The number of ether oxygens (including phenoxy) is 4. The number of hydrogen-bond donors (Lipinski definition) is 2. The Morgan fingerprint density at radius 1 is 0.434 bits per heavy atom. The first-order valence-corrected chi connectivity index (χ1v) is 21.5. The fourth-order valence-corrected chi connectivity index (χ4v) is 6.13. The lowest BCUT2D eigenvalue weighted by atomic mass is 9.92. The average Bonchev–Trinajstić information content (AvgIpc) is 3.14. The first-order chi connectivity index (χ1) is 25.6. The molecule has 0 radical (unpaired) electrons. The Morgan fingerprint density at radius 2 is 0.717 bits per heavy atom. The normalized spacial score (nSPS) is 12.6. The number of carbonyl (C=O) groups excluding carboxylic acids is 4. The van der Waals surface area contributed by atoms with Crippen molar-refractivity contribution in [2.75, 3.05) is 26.4 Å². The van der Waals surface area contributed by atoms with E-state index >= 15 is 0 Å². The second-order valence-electron chi connectivity index (χ2n) is 15.4. The largest absolute Gasteiger partial charge is 0.465 e. The summed E-state index contributed by atoms with van der Waals surface area (Å²) in [5.74, 6) is -1.24. The molecule has 10 nitrogen and oxygen atoms in total. The van der Waals surface area contributed by atoms with Crippen LogP contribution in [-0.2, 0) is 38.1 Å². The second kappa shape index (κ2) is 35.5. The van der Waals surface area contributed by atoms with E-state index in [1.54, 1.807) is 0 Å². The van der Waals surface area contributed by atoms with E-state index < -0.39 is 30.6 Å². The molecule has 0 aliphatic carbocycles. The molecule has 0 spiro atoms. The summed E-state index contributed by atoms with van der Waals surface area (Å²) in [6.45, 7) is 6.81. The summed E-state index contributed by atoms with van der Waals surface area (Å²) in [6.07, 6.45) is 25.9. The number of unbranched alkanes of at least 4 members (excludes halogenated alkanes) is 18. The molecule has 2 unspecified atom stereocenters. The molecule has 0 heterocycles. The van der Waals surface area contributed by atoms with Gasteiger partial charge in [0.15, 0.2) is 0 Å². The molecule has 53 heavy (non-hydrogen) atoms. The van der Waals surface area contributed by atoms with Gasteiger partial charge in [-0.2, -0.15) is 0 Å². The van der Waals surface area contributed by atoms with E-state index in [0.717, 1.165) is 51.4 Å². The fourth-order valence-electron chi connectivity index (χ4n) is 6.13. The van der Waals surface area contributed by atoms with Crippen molar-refractivity contribution in [3.63, 3.8) is 0 Å². The van der Waals surface area contributed by atoms with Crippen molar-refractivity contribution in [1.29, 1.82) is 0 Å². The average molecular weight is 757 g/mol. The Kier molecular flexibility index (Phi) is 34.0. The lowest BCUT2D eigenvalue weighted by Gasteiger charge is -2.28. The molecular weight excluding hydrogens is 676 g/mol. The maximum atomic E-state index is 12.3. The van der Waals surface area contributed by atoms with Crippen molar-refractivity contribution in [2.24, 2.45) is 5.41 Å². The molecule has 2 N–H and O–H groups in total. The van der Waals surface area contributed by atoms with Gasteiger partial charge < -0.3 is 29.2 Å². The summed E-state index contributed by atoms with van der Waals surface area (Å²) in [6, 6.07) is 0. The van der Waals surface area contributed by atoms with Crippen molar-refractivity contribution in [1.82, 2.24) is 0 Å². The van der Waals surface area contributed by atoms with Crippen LogP contribution < -0.4 is 0 Å². The lowest BCUT2D eigenvalue weighted by Crippen LogP contribution is -2.41. The Hall–Kier alpha value is -2.20. The van der Waals surface area contributed by atoms with Gasteiger partial charge in [0, 0.05) is 25.7 Å². The Morgan fingerprint density at radius 3 is 1.04 bits per heavy atom. The van der Waals surface area contributed by atoms with Crippen LogP contribution in [0.5, 0.6) is 0 Å². The van der Waals surface area contributed by atoms with Crippen LogP contribution in [0.15, 0.2) is 0 Å². The number of carbonyl (C=O) groups is 4. The molecule has 0 rings (SSSR count). The molecular formula is C43H80O10. The minimum absolute atomic E-state index is 0.0560. The van der Waals surface area contributed by atoms with Crippen molar-refractivity contribution < 1.29 is 48.3 Å². The third-order valence-electron chi connectivity index (χ3n) is 9.87. The first-order valence-electron chi connectivity index (χ1n) is 21.5. The SMILES string of the molecule is CCCCCCCCCC(C)OC(=O)CCCCCCC(=O)OCC(CO)(CO)COC(=O)CCCCCCC(=O)OC(C)CCCCCCCCC. The van der Waals surface area contributed by atoms with Crippen LogP contribution >= 0.6 is 0 Å². The van der Waals surface area contributed by atoms with Crippen molar-refractivity contribution in [3.8, 4) is 0 Å². The lowest BCUT2D eigenvalue weighted by molar-refractivity contribution is -0.159. The van der Waals surface area contributed by atoms with Crippen molar-refractivity contribution in [3.05, 3.63) is 0 Å². The van der Waals surface area contributed by atoms with E-state index in [1.165, 1.54) is 77.0 Å². The van der Waals surface area contributed by atoms with Gasteiger partial charge in [-0.3, -0.25) is 19.2 Å². The smallest absolute Gasteiger partial charge is 0.306 e. The van der Waals surface area contributed by atoms with E-state index in [-0.39, 0.29) is 50.2 Å². The Labute approximate surface area is 323 Å². The van der Waals surface area contributed by atoms with Crippen LogP contribution in [0.1, 0.15) is 207 Å². The van der Waals surface area contributed by atoms with Gasteiger partial charge >= 0.3 is 23.9 Å². The summed E-state index contributed by atoms with van der Waals surface area (Å²) in [5, 5.41) is 19.8. The van der Waals surface area contributed by atoms with Gasteiger partial charge in [-0.05, 0) is 65.2 Å². The van der Waals surface area contributed by atoms with Crippen LogP contribution in [0.2, 0.25) is 0 Å². The van der Waals surface area contributed by atoms with Gasteiger partial charge in [0.05, 0.1) is 30.8 Å². The zero-order valence-electron chi connectivity index (χ0n) is 34.4. The summed E-state index contributed by atoms with van der Waals surface area (Å²) in [5.41, 5.74) is -1.27. The van der Waals surface area contributed by atoms with Gasteiger partial charge in [0.2, 0.25) is 0 Å². The standard InChI is InChI=1S/C43H80O10/c1-5-7-9-11-13-15-21-27-37(3)52-41(48)31-25-19-17-23-29-39(46)50-35-43(33-44,34-45)36-51-40(47)30-24-18-20-26-32-42(49)53-38(4)28-22-16-14-12-10-8-6-2/h37-38,44-45H,5-36H2,1-4H3. The zero-order valence-corrected chi connectivity index (χ0v) is 34.4. The third-order valence-corrected chi connectivity index (χ3v) is 9.87. The maximum absolute atomic E-state index is 12.3. The first kappa shape index (κ1) is 50.8. The highest BCUT2D eigenvalue weighted by Gasteiger charge is 2.33. The highest BCUT2D eigenvalue weighted by Crippen LogP contribution is 2.20. The topological polar surface area (TPSA) is 146 Å². The number of aliphatic hydroxyl groups is 2. The molecule has 10 heteroatoms. The number of esters is 4. The van der Waals surface area contributed by atoms with Gasteiger partial charge in [-0.15, -0.1) is 0 Å². The van der Waals surface area contributed by atoms with E-state index in [9.17, 15) is 29.4 Å². The number of hydrogen-bond acceptors (Lipinski definition) is 10. The molecule has 312 valence electrons.